The van der Waals surface area contributed by atoms with Gasteiger partial charge in [-0.2, -0.15) is 0 Å². The monoisotopic (exact) mass is 945 g/mol. The van der Waals surface area contributed by atoms with Gasteiger partial charge < -0.3 is 19.6 Å². The van der Waals surface area contributed by atoms with Gasteiger partial charge in [0.05, 0.1) is 13.2 Å². The number of hydrogen-bond donors (Lipinski definition) is 1. The number of aliphatic hydroxyl groups excluding tert-OH is 1. The fourth-order valence-corrected chi connectivity index (χ4v) is 9.06. The average Bonchev–Trinajstić information content (AvgIpc) is 3.32. The first-order valence-corrected chi connectivity index (χ1v) is 29.6. The van der Waals surface area contributed by atoms with Crippen molar-refractivity contribution in [2.75, 3.05) is 58.4 Å². The summed E-state index contributed by atoms with van der Waals surface area (Å²) in [6.45, 7) is 11.9. The topological polar surface area (TPSA) is 53.0 Å². The van der Waals surface area contributed by atoms with Gasteiger partial charge in [-0.15, -0.1) is 11.6 Å². The molecule has 0 fully saturated rings. The highest BCUT2D eigenvalue weighted by Gasteiger charge is 2.07. The first-order valence-electron chi connectivity index (χ1n) is 29.0. The molecular weight excluding hydrogens is 832 g/mol. The molecule has 0 saturated carbocycles. The van der Waals surface area contributed by atoms with Crippen LogP contribution in [0.3, 0.4) is 0 Å². The molecular formula is C60H113ClN2O3. The number of halogens is 1. The van der Waals surface area contributed by atoms with E-state index < -0.39 is 0 Å². The molecule has 0 spiro atoms. The highest BCUT2D eigenvalue weighted by molar-refractivity contribution is 6.18. The Hall–Kier alpha value is -1.40. The maximum absolute atomic E-state index is 12.2. The SMILES string of the molecule is CCCCC/C=C\C/C=C\CCCCCCCCN(CCO)CCCCCCCCCCOC(=O)CCCCCCCCCN(CCCl)CCCCCCCC/C=C\C/C=C\CCCCC. The second kappa shape index (κ2) is 57.9. The Balaban J connectivity index is 3.56. The third-order valence-electron chi connectivity index (χ3n) is 13.2. The van der Waals surface area contributed by atoms with Crippen molar-refractivity contribution in [2.45, 2.75) is 271 Å². The largest absolute Gasteiger partial charge is 0.466 e. The van der Waals surface area contributed by atoms with Crippen LogP contribution < -0.4 is 0 Å². The van der Waals surface area contributed by atoms with Crippen LogP contribution in [0.1, 0.15) is 271 Å². The second-order valence-electron chi connectivity index (χ2n) is 19.5. The molecule has 1 N–H and O–H groups in total. The Morgan fingerprint density at radius 3 is 1.08 bits per heavy atom. The van der Waals surface area contributed by atoms with Crippen molar-refractivity contribution < 1.29 is 14.6 Å². The van der Waals surface area contributed by atoms with E-state index in [1.54, 1.807) is 0 Å². The van der Waals surface area contributed by atoms with Gasteiger partial charge in [-0.1, -0.05) is 210 Å². The minimum absolute atomic E-state index is 0.00421. The number of hydrogen-bond acceptors (Lipinski definition) is 5. The molecule has 0 radical (unpaired) electrons. The van der Waals surface area contributed by atoms with Gasteiger partial charge in [0.25, 0.3) is 0 Å². The third kappa shape index (κ3) is 53.6. The molecule has 0 rings (SSSR count). The Kier molecular flexibility index (Phi) is 56.7. The quantitative estimate of drug-likeness (QED) is 0.0285. The number of rotatable bonds is 55. The summed E-state index contributed by atoms with van der Waals surface area (Å²) in [5.74, 6) is 0.728. The highest BCUT2D eigenvalue weighted by atomic mass is 35.5. The van der Waals surface area contributed by atoms with Crippen LogP contribution in [0.5, 0.6) is 0 Å². The smallest absolute Gasteiger partial charge is 0.305 e. The third-order valence-corrected chi connectivity index (χ3v) is 13.3. The molecule has 0 aliphatic carbocycles. The van der Waals surface area contributed by atoms with E-state index in [0.29, 0.717) is 13.0 Å². The van der Waals surface area contributed by atoms with Crippen LogP contribution in [-0.4, -0.2) is 79.2 Å². The summed E-state index contributed by atoms with van der Waals surface area (Å²) in [5, 5.41) is 9.55. The summed E-state index contributed by atoms with van der Waals surface area (Å²) >= 11 is 6.14. The van der Waals surface area contributed by atoms with Crippen LogP contribution in [0.2, 0.25) is 0 Å². The van der Waals surface area contributed by atoms with Crippen LogP contribution in [-0.2, 0) is 9.53 Å². The van der Waals surface area contributed by atoms with E-state index in [-0.39, 0.29) is 12.6 Å². The number of ether oxygens (including phenoxy) is 1. The molecule has 0 saturated heterocycles. The van der Waals surface area contributed by atoms with Crippen LogP contribution in [0, 0.1) is 0 Å². The predicted octanol–water partition coefficient (Wildman–Crippen LogP) is 18.2. The molecule has 0 atom stereocenters. The predicted molar refractivity (Wildman–Crippen MR) is 294 cm³/mol. The molecule has 0 aromatic heterocycles. The summed E-state index contributed by atoms with van der Waals surface area (Å²) in [7, 11) is 0. The standard InChI is InChI=1S/C60H113ClN2O3/c1-3-5-7-9-11-13-15-17-19-21-23-25-27-33-39-45-52-62(56-51-61)53-46-40-36-31-32-38-44-50-60(65)66-59-49-43-37-30-29-35-42-48-55-63(57-58-64)54-47-41-34-28-26-24-22-20-18-16-14-12-10-8-6-4-2/h11-14,17-20,64H,3-10,15-16,21-59H2,1-2H3/b13-11-,14-12-,19-17-,20-18-. The van der Waals surface area contributed by atoms with Crippen molar-refractivity contribution in [3.8, 4) is 0 Å². The van der Waals surface area contributed by atoms with Gasteiger partial charge in [0, 0.05) is 25.4 Å². The van der Waals surface area contributed by atoms with E-state index in [1.807, 2.05) is 0 Å². The average molecular weight is 946 g/mol. The maximum Gasteiger partial charge on any atom is 0.305 e. The van der Waals surface area contributed by atoms with Crippen LogP contribution in [0.4, 0.5) is 0 Å². The number of esters is 1. The number of alkyl halides is 1. The Bertz CT molecular complexity index is 1060. The summed E-state index contributed by atoms with van der Waals surface area (Å²) in [4.78, 5) is 17.3. The fourth-order valence-electron chi connectivity index (χ4n) is 8.82. The Morgan fingerprint density at radius 2 is 0.712 bits per heavy atom. The van der Waals surface area contributed by atoms with E-state index >= 15 is 0 Å². The normalized spacial score (nSPS) is 12.3. The van der Waals surface area contributed by atoms with Gasteiger partial charge in [0.15, 0.2) is 0 Å². The lowest BCUT2D eigenvalue weighted by atomic mass is 10.1. The van der Waals surface area contributed by atoms with Gasteiger partial charge in [-0.3, -0.25) is 4.79 Å². The fraction of sp³-hybridized carbons (Fsp3) is 0.850. The van der Waals surface area contributed by atoms with Gasteiger partial charge in [-0.05, 0) is 129 Å². The van der Waals surface area contributed by atoms with Gasteiger partial charge >= 0.3 is 5.97 Å². The molecule has 0 bridgehead atoms. The van der Waals surface area contributed by atoms with Gasteiger partial charge in [0.2, 0.25) is 0 Å². The number of aliphatic hydroxyl groups is 1. The molecule has 0 aliphatic heterocycles. The van der Waals surface area contributed by atoms with Crippen molar-refractivity contribution in [1.82, 2.24) is 9.80 Å². The number of nitrogens with zero attached hydrogens (tertiary/aromatic N) is 2. The van der Waals surface area contributed by atoms with E-state index in [4.69, 9.17) is 16.3 Å². The number of carbonyl (C=O) groups is 1. The molecule has 66 heavy (non-hydrogen) atoms. The zero-order valence-electron chi connectivity index (χ0n) is 44.3. The summed E-state index contributed by atoms with van der Waals surface area (Å²) < 4.78 is 5.53. The second-order valence-corrected chi connectivity index (χ2v) is 19.9. The van der Waals surface area contributed by atoms with Crippen molar-refractivity contribution in [1.29, 1.82) is 0 Å². The van der Waals surface area contributed by atoms with Crippen molar-refractivity contribution in [2.24, 2.45) is 0 Å². The van der Waals surface area contributed by atoms with E-state index in [2.05, 4.69) is 72.3 Å². The first-order chi connectivity index (χ1) is 32.7. The van der Waals surface area contributed by atoms with Crippen LogP contribution in [0.15, 0.2) is 48.6 Å². The minimum atomic E-state index is -0.00421. The van der Waals surface area contributed by atoms with Crippen molar-refractivity contribution in [3.63, 3.8) is 0 Å². The van der Waals surface area contributed by atoms with Crippen molar-refractivity contribution in [3.05, 3.63) is 48.6 Å². The summed E-state index contributed by atoms with van der Waals surface area (Å²) in [6, 6.07) is 0. The Labute approximate surface area is 417 Å². The molecule has 5 nitrogen and oxygen atoms in total. The lowest BCUT2D eigenvalue weighted by Crippen LogP contribution is -2.29. The number of carbonyl (C=O) groups excluding carboxylic acids is 1. The lowest BCUT2D eigenvalue weighted by molar-refractivity contribution is -0.143. The molecule has 6 heteroatoms. The van der Waals surface area contributed by atoms with E-state index in [1.165, 1.54) is 225 Å². The molecule has 388 valence electrons. The molecule has 0 heterocycles. The summed E-state index contributed by atoms with van der Waals surface area (Å²) in [6.07, 6.45) is 68.7. The zero-order valence-corrected chi connectivity index (χ0v) is 45.1. The van der Waals surface area contributed by atoms with Crippen LogP contribution >= 0.6 is 11.6 Å². The van der Waals surface area contributed by atoms with Crippen molar-refractivity contribution >= 4 is 17.6 Å². The highest BCUT2D eigenvalue weighted by Crippen LogP contribution is 2.14. The molecule has 0 amide bonds. The number of allylic oxidation sites excluding steroid dienone is 8. The summed E-state index contributed by atoms with van der Waals surface area (Å²) in [5.41, 5.74) is 0. The van der Waals surface area contributed by atoms with E-state index in [0.717, 1.165) is 70.6 Å². The minimum Gasteiger partial charge on any atom is -0.466 e. The molecule has 0 aromatic rings. The lowest BCUT2D eigenvalue weighted by Gasteiger charge is -2.21. The number of unbranched alkanes of at least 4 members (excludes halogenated alkanes) is 31. The molecule has 0 aromatic carbocycles. The molecule has 0 unspecified atom stereocenters. The maximum atomic E-state index is 12.2. The van der Waals surface area contributed by atoms with Gasteiger partial charge in [0.1, 0.15) is 0 Å². The van der Waals surface area contributed by atoms with Crippen LogP contribution in [0.25, 0.3) is 0 Å². The van der Waals surface area contributed by atoms with E-state index in [9.17, 15) is 9.90 Å². The Morgan fingerprint density at radius 1 is 0.394 bits per heavy atom. The first kappa shape index (κ1) is 64.6. The molecule has 0 aliphatic rings. The van der Waals surface area contributed by atoms with Gasteiger partial charge in [-0.25, -0.2) is 0 Å². The zero-order chi connectivity index (χ0) is 47.7.